The minimum absolute atomic E-state index is 0.672. The van der Waals surface area contributed by atoms with Gasteiger partial charge in [0.15, 0.2) is 5.58 Å². The van der Waals surface area contributed by atoms with Crippen LogP contribution < -0.4 is 0 Å². The molecule has 2 nitrogen and oxygen atoms in total. The molecule has 3 rings (SSSR count). The first-order valence-electron chi connectivity index (χ1n) is 5.77. The lowest BCUT2D eigenvalue weighted by atomic mass is 10.1. The number of hydrogen-bond acceptors (Lipinski definition) is 2. The second-order valence-electron chi connectivity index (χ2n) is 4.45. The fraction of sp³-hybridized carbons (Fsp3) is 0.133. The van der Waals surface area contributed by atoms with Crippen LogP contribution in [0.3, 0.4) is 0 Å². The lowest BCUT2D eigenvalue weighted by Crippen LogP contribution is -1.80. The van der Waals surface area contributed by atoms with Gasteiger partial charge in [-0.1, -0.05) is 22.0 Å². The van der Waals surface area contributed by atoms with Crippen LogP contribution in [0, 0.1) is 13.8 Å². The first-order valence-corrected chi connectivity index (χ1v) is 6.56. The molecule has 3 heteroatoms. The summed E-state index contributed by atoms with van der Waals surface area (Å²) in [6.45, 7) is 4.11. The van der Waals surface area contributed by atoms with Gasteiger partial charge in [-0.05, 0) is 55.3 Å². The highest BCUT2D eigenvalue weighted by Gasteiger charge is 2.09. The standard InChI is InChI=1S/C15H12BrNO/c1-9-3-6-14-13(7-9)17-15(18-14)11-4-5-12(16)10(2)8-11/h3-8H,1-2H3. The van der Waals surface area contributed by atoms with E-state index in [4.69, 9.17) is 4.42 Å². The van der Waals surface area contributed by atoms with E-state index >= 15 is 0 Å². The monoisotopic (exact) mass is 301 g/mol. The van der Waals surface area contributed by atoms with E-state index in [9.17, 15) is 0 Å². The van der Waals surface area contributed by atoms with Crippen LogP contribution in [-0.4, -0.2) is 4.98 Å². The van der Waals surface area contributed by atoms with Crippen molar-refractivity contribution in [2.24, 2.45) is 0 Å². The van der Waals surface area contributed by atoms with E-state index in [0.29, 0.717) is 5.89 Å². The maximum absolute atomic E-state index is 5.78. The predicted molar refractivity (Wildman–Crippen MR) is 76.6 cm³/mol. The topological polar surface area (TPSA) is 26.0 Å². The van der Waals surface area contributed by atoms with Gasteiger partial charge in [-0.2, -0.15) is 0 Å². The molecule has 0 saturated carbocycles. The molecule has 0 aliphatic heterocycles. The maximum atomic E-state index is 5.78. The molecule has 0 aliphatic rings. The molecule has 2 aromatic carbocycles. The quantitative estimate of drug-likeness (QED) is 0.640. The normalized spacial score (nSPS) is 11.1. The number of halogens is 1. The van der Waals surface area contributed by atoms with E-state index in [0.717, 1.165) is 21.1 Å². The Morgan fingerprint density at radius 3 is 2.67 bits per heavy atom. The van der Waals surface area contributed by atoms with Crippen molar-refractivity contribution in [3.63, 3.8) is 0 Å². The minimum atomic E-state index is 0.672. The molecule has 90 valence electrons. The summed E-state index contributed by atoms with van der Waals surface area (Å²) < 4.78 is 6.87. The van der Waals surface area contributed by atoms with Crippen molar-refractivity contribution < 1.29 is 4.42 Å². The highest BCUT2D eigenvalue weighted by molar-refractivity contribution is 9.10. The highest BCUT2D eigenvalue weighted by Crippen LogP contribution is 2.27. The molecule has 18 heavy (non-hydrogen) atoms. The van der Waals surface area contributed by atoms with Crippen LogP contribution in [-0.2, 0) is 0 Å². The van der Waals surface area contributed by atoms with Crippen LogP contribution in [0.2, 0.25) is 0 Å². The zero-order chi connectivity index (χ0) is 12.7. The van der Waals surface area contributed by atoms with Crippen molar-refractivity contribution in [3.05, 3.63) is 52.0 Å². The molecule has 0 radical (unpaired) electrons. The largest absolute Gasteiger partial charge is 0.436 e. The number of oxazole rings is 1. The first kappa shape index (κ1) is 11.5. The van der Waals surface area contributed by atoms with Crippen molar-refractivity contribution in [2.45, 2.75) is 13.8 Å². The second-order valence-corrected chi connectivity index (χ2v) is 5.31. The fourth-order valence-electron chi connectivity index (χ4n) is 1.94. The lowest BCUT2D eigenvalue weighted by molar-refractivity contribution is 0.619. The van der Waals surface area contributed by atoms with E-state index in [2.05, 4.69) is 40.8 Å². The third kappa shape index (κ3) is 1.95. The van der Waals surface area contributed by atoms with Crippen LogP contribution in [0.1, 0.15) is 11.1 Å². The molecule has 0 N–H and O–H groups in total. The van der Waals surface area contributed by atoms with Gasteiger partial charge in [0.2, 0.25) is 5.89 Å². The minimum Gasteiger partial charge on any atom is -0.436 e. The Bertz CT molecular complexity index is 730. The van der Waals surface area contributed by atoms with Gasteiger partial charge in [-0.15, -0.1) is 0 Å². The summed E-state index contributed by atoms with van der Waals surface area (Å²) in [7, 11) is 0. The van der Waals surface area contributed by atoms with Crippen LogP contribution in [0.25, 0.3) is 22.6 Å². The van der Waals surface area contributed by atoms with Crippen LogP contribution >= 0.6 is 15.9 Å². The van der Waals surface area contributed by atoms with Crippen molar-refractivity contribution >= 4 is 27.0 Å². The Labute approximate surface area is 114 Å². The molecule has 1 heterocycles. The number of aromatic nitrogens is 1. The number of rotatable bonds is 1. The van der Waals surface area contributed by atoms with Crippen LogP contribution in [0.5, 0.6) is 0 Å². The van der Waals surface area contributed by atoms with Gasteiger partial charge >= 0.3 is 0 Å². The Hall–Kier alpha value is -1.61. The summed E-state index contributed by atoms with van der Waals surface area (Å²) in [4.78, 5) is 4.53. The molecular weight excluding hydrogens is 290 g/mol. The highest BCUT2D eigenvalue weighted by atomic mass is 79.9. The molecule has 0 aliphatic carbocycles. The molecule has 0 saturated heterocycles. The van der Waals surface area contributed by atoms with Gasteiger partial charge in [-0.25, -0.2) is 4.98 Å². The SMILES string of the molecule is Cc1ccc2oc(-c3ccc(Br)c(C)c3)nc2c1. The second kappa shape index (κ2) is 4.25. The van der Waals surface area contributed by atoms with Crippen molar-refractivity contribution in [1.29, 1.82) is 0 Å². The van der Waals surface area contributed by atoms with Crippen molar-refractivity contribution in [2.75, 3.05) is 0 Å². The number of benzene rings is 2. The molecule has 0 unspecified atom stereocenters. The van der Waals surface area contributed by atoms with E-state index in [1.807, 2.05) is 30.3 Å². The van der Waals surface area contributed by atoms with Crippen LogP contribution in [0.15, 0.2) is 45.3 Å². The molecule has 0 spiro atoms. The summed E-state index contributed by atoms with van der Waals surface area (Å²) in [5, 5.41) is 0. The summed E-state index contributed by atoms with van der Waals surface area (Å²) in [5.74, 6) is 0.672. The maximum Gasteiger partial charge on any atom is 0.227 e. The van der Waals surface area contributed by atoms with E-state index in [-0.39, 0.29) is 0 Å². The van der Waals surface area contributed by atoms with E-state index in [1.165, 1.54) is 11.1 Å². The lowest BCUT2D eigenvalue weighted by Gasteiger charge is -1.99. The van der Waals surface area contributed by atoms with Gasteiger partial charge in [0.1, 0.15) is 5.52 Å². The van der Waals surface area contributed by atoms with Gasteiger partial charge < -0.3 is 4.42 Å². The van der Waals surface area contributed by atoms with Gasteiger partial charge in [0.05, 0.1) is 0 Å². The Balaban J connectivity index is 2.16. The van der Waals surface area contributed by atoms with Gasteiger partial charge in [0.25, 0.3) is 0 Å². The van der Waals surface area contributed by atoms with Crippen LogP contribution in [0.4, 0.5) is 0 Å². The average molecular weight is 302 g/mol. The number of aryl methyl sites for hydroxylation is 2. The summed E-state index contributed by atoms with van der Waals surface area (Å²) >= 11 is 3.50. The zero-order valence-corrected chi connectivity index (χ0v) is 11.8. The van der Waals surface area contributed by atoms with Crippen molar-refractivity contribution in [1.82, 2.24) is 4.98 Å². The smallest absolute Gasteiger partial charge is 0.227 e. The Morgan fingerprint density at radius 2 is 1.89 bits per heavy atom. The molecule has 0 bridgehead atoms. The molecule has 3 aromatic rings. The predicted octanol–water partition coefficient (Wildman–Crippen LogP) is 4.87. The zero-order valence-electron chi connectivity index (χ0n) is 10.2. The van der Waals surface area contributed by atoms with E-state index < -0.39 is 0 Å². The average Bonchev–Trinajstić information content (AvgIpc) is 2.75. The molecule has 0 amide bonds. The molecule has 0 fully saturated rings. The number of hydrogen-bond donors (Lipinski definition) is 0. The van der Waals surface area contributed by atoms with E-state index in [1.54, 1.807) is 0 Å². The first-order chi connectivity index (χ1) is 8.63. The summed E-state index contributed by atoms with van der Waals surface area (Å²) in [5.41, 5.74) is 5.10. The van der Waals surface area contributed by atoms with Crippen molar-refractivity contribution in [3.8, 4) is 11.5 Å². The number of nitrogens with zero attached hydrogens (tertiary/aromatic N) is 1. The Kier molecular flexibility index (Phi) is 2.71. The molecule has 1 aromatic heterocycles. The van der Waals surface area contributed by atoms with Gasteiger partial charge in [-0.3, -0.25) is 0 Å². The third-order valence-corrected chi connectivity index (χ3v) is 3.84. The Morgan fingerprint density at radius 1 is 1.06 bits per heavy atom. The fourth-order valence-corrected chi connectivity index (χ4v) is 2.19. The molecule has 0 atom stereocenters. The number of fused-ring (bicyclic) bond motifs is 1. The third-order valence-electron chi connectivity index (χ3n) is 2.95. The van der Waals surface area contributed by atoms with Gasteiger partial charge in [0, 0.05) is 10.0 Å². The summed E-state index contributed by atoms with van der Waals surface area (Å²) in [6.07, 6.45) is 0. The molecular formula is C15H12BrNO. The summed E-state index contributed by atoms with van der Waals surface area (Å²) in [6, 6.07) is 12.1.